The van der Waals surface area contributed by atoms with Crippen molar-refractivity contribution in [3.8, 4) is 11.5 Å². The maximum absolute atomic E-state index is 12.4. The first kappa shape index (κ1) is 18.2. The molecule has 0 atom stereocenters. The lowest BCUT2D eigenvalue weighted by atomic mass is 10.1. The van der Waals surface area contributed by atoms with E-state index in [0.29, 0.717) is 22.9 Å². The van der Waals surface area contributed by atoms with Gasteiger partial charge in [0, 0.05) is 18.5 Å². The first-order valence-electron chi connectivity index (χ1n) is 8.29. The summed E-state index contributed by atoms with van der Waals surface area (Å²) in [6.07, 6.45) is 0.0596. The van der Waals surface area contributed by atoms with Gasteiger partial charge in [0.2, 0.25) is 11.8 Å². The summed E-state index contributed by atoms with van der Waals surface area (Å²) in [5.41, 5.74) is 6.50. The van der Waals surface area contributed by atoms with Crippen LogP contribution in [0, 0.1) is 0 Å². The van der Waals surface area contributed by atoms with Gasteiger partial charge in [0.25, 0.3) is 5.91 Å². The summed E-state index contributed by atoms with van der Waals surface area (Å²) in [7, 11) is 1.46. The number of methoxy groups -OCH3 is 1. The van der Waals surface area contributed by atoms with Crippen LogP contribution in [-0.2, 0) is 9.59 Å². The number of primary amides is 1. The van der Waals surface area contributed by atoms with Crippen LogP contribution in [0.4, 0.5) is 11.4 Å². The summed E-state index contributed by atoms with van der Waals surface area (Å²) in [6, 6.07) is 11.7. The Hall–Kier alpha value is -3.55. The number of rotatable bonds is 6. The van der Waals surface area contributed by atoms with Crippen LogP contribution in [-0.4, -0.2) is 38.0 Å². The number of anilines is 2. The molecular formula is C19H19N3O5. The van der Waals surface area contributed by atoms with Gasteiger partial charge >= 0.3 is 0 Å². The molecule has 27 heavy (non-hydrogen) atoms. The SMILES string of the molecule is COc1ccc(C(N)=O)cc1NC(=O)CCN1C(=O)COc2ccccc21. The minimum absolute atomic E-state index is 0.0596. The van der Waals surface area contributed by atoms with Gasteiger partial charge < -0.3 is 25.4 Å². The fraction of sp³-hybridized carbons (Fsp3) is 0.211. The van der Waals surface area contributed by atoms with Gasteiger partial charge in [0.15, 0.2) is 6.61 Å². The molecule has 0 saturated carbocycles. The first-order valence-corrected chi connectivity index (χ1v) is 8.29. The van der Waals surface area contributed by atoms with Crippen LogP contribution in [0.25, 0.3) is 0 Å². The van der Waals surface area contributed by atoms with E-state index in [1.807, 2.05) is 6.07 Å². The lowest BCUT2D eigenvalue weighted by molar-refractivity contribution is -0.121. The van der Waals surface area contributed by atoms with Crippen molar-refractivity contribution in [1.29, 1.82) is 0 Å². The number of para-hydroxylation sites is 2. The lowest BCUT2D eigenvalue weighted by Gasteiger charge is -2.29. The van der Waals surface area contributed by atoms with Crippen molar-refractivity contribution >= 4 is 29.1 Å². The Kier molecular flexibility index (Phi) is 5.25. The van der Waals surface area contributed by atoms with Gasteiger partial charge in [-0.3, -0.25) is 14.4 Å². The molecule has 0 spiro atoms. The summed E-state index contributed by atoms with van der Waals surface area (Å²) < 4.78 is 10.6. The highest BCUT2D eigenvalue weighted by molar-refractivity contribution is 6.00. The second-order valence-electron chi connectivity index (χ2n) is 5.88. The molecule has 8 heteroatoms. The first-order chi connectivity index (χ1) is 13.0. The molecule has 3 amide bonds. The maximum Gasteiger partial charge on any atom is 0.265 e. The Morgan fingerprint density at radius 3 is 2.78 bits per heavy atom. The second-order valence-corrected chi connectivity index (χ2v) is 5.88. The minimum atomic E-state index is -0.608. The molecule has 0 bridgehead atoms. The smallest absolute Gasteiger partial charge is 0.265 e. The zero-order chi connectivity index (χ0) is 19.4. The van der Waals surface area contributed by atoms with Crippen LogP contribution in [0.3, 0.4) is 0 Å². The average molecular weight is 369 g/mol. The molecule has 1 aliphatic heterocycles. The van der Waals surface area contributed by atoms with Crippen LogP contribution < -0.4 is 25.4 Å². The van der Waals surface area contributed by atoms with E-state index in [4.69, 9.17) is 15.2 Å². The van der Waals surface area contributed by atoms with Gasteiger partial charge in [-0.15, -0.1) is 0 Å². The van der Waals surface area contributed by atoms with Crippen LogP contribution >= 0.6 is 0 Å². The summed E-state index contributed by atoms with van der Waals surface area (Å²) in [5.74, 6) is -0.139. The molecule has 2 aromatic rings. The van der Waals surface area contributed by atoms with E-state index < -0.39 is 5.91 Å². The van der Waals surface area contributed by atoms with Crippen molar-refractivity contribution in [2.24, 2.45) is 5.73 Å². The Balaban J connectivity index is 1.70. The fourth-order valence-corrected chi connectivity index (χ4v) is 2.78. The Labute approximate surface area is 155 Å². The molecule has 0 saturated heterocycles. The molecule has 0 aliphatic carbocycles. The minimum Gasteiger partial charge on any atom is -0.495 e. The number of benzene rings is 2. The number of nitrogens with one attached hydrogen (secondary N) is 1. The highest BCUT2D eigenvalue weighted by atomic mass is 16.5. The van der Waals surface area contributed by atoms with E-state index in [9.17, 15) is 14.4 Å². The third kappa shape index (κ3) is 4.00. The molecule has 0 fully saturated rings. The molecule has 2 aromatic carbocycles. The summed E-state index contributed by atoms with van der Waals surface area (Å²) >= 11 is 0. The lowest BCUT2D eigenvalue weighted by Crippen LogP contribution is -2.40. The normalized spacial score (nSPS) is 12.8. The second kappa shape index (κ2) is 7.77. The van der Waals surface area contributed by atoms with Gasteiger partial charge in [-0.05, 0) is 30.3 Å². The van der Waals surface area contributed by atoms with Crippen molar-refractivity contribution in [3.05, 3.63) is 48.0 Å². The molecule has 8 nitrogen and oxygen atoms in total. The van der Waals surface area contributed by atoms with Crippen molar-refractivity contribution in [1.82, 2.24) is 0 Å². The van der Waals surface area contributed by atoms with Crippen molar-refractivity contribution in [2.75, 3.05) is 30.5 Å². The summed E-state index contributed by atoms with van der Waals surface area (Å²) in [4.78, 5) is 37.4. The van der Waals surface area contributed by atoms with E-state index in [0.717, 1.165) is 0 Å². The maximum atomic E-state index is 12.4. The van der Waals surface area contributed by atoms with Crippen molar-refractivity contribution in [2.45, 2.75) is 6.42 Å². The van der Waals surface area contributed by atoms with Gasteiger partial charge in [-0.25, -0.2) is 0 Å². The van der Waals surface area contributed by atoms with Gasteiger partial charge in [-0.2, -0.15) is 0 Å². The summed E-state index contributed by atoms with van der Waals surface area (Å²) in [6.45, 7) is 0.135. The number of amides is 3. The number of hydrogen-bond donors (Lipinski definition) is 2. The third-order valence-corrected chi connectivity index (χ3v) is 4.13. The van der Waals surface area contributed by atoms with Crippen LogP contribution in [0.2, 0.25) is 0 Å². The van der Waals surface area contributed by atoms with Gasteiger partial charge in [0.1, 0.15) is 11.5 Å². The number of nitrogens with zero attached hydrogens (tertiary/aromatic N) is 1. The molecule has 1 aliphatic rings. The fourth-order valence-electron chi connectivity index (χ4n) is 2.78. The summed E-state index contributed by atoms with van der Waals surface area (Å²) in [5, 5.41) is 2.69. The van der Waals surface area contributed by atoms with E-state index >= 15 is 0 Å². The molecule has 3 N–H and O–H groups in total. The molecule has 0 radical (unpaired) electrons. The van der Waals surface area contributed by atoms with Gasteiger partial charge in [-0.1, -0.05) is 12.1 Å². The molecule has 140 valence electrons. The Morgan fingerprint density at radius 1 is 1.26 bits per heavy atom. The van der Waals surface area contributed by atoms with E-state index in [1.54, 1.807) is 24.3 Å². The zero-order valence-corrected chi connectivity index (χ0v) is 14.7. The van der Waals surface area contributed by atoms with E-state index in [-0.39, 0.29) is 37.0 Å². The topological polar surface area (TPSA) is 111 Å². The van der Waals surface area contributed by atoms with Crippen molar-refractivity contribution in [3.63, 3.8) is 0 Å². The highest BCUT2D eigenvalue weighted by Gasteiger charge is 2.25. The molecule has 1 heterocycles. The number of carbonyl (C=O) groups excluding carboxylic acids is 3. The Bertz CT molecular complexity index is 897. The molecular weight excluding hydrogens is 350 g/mol. The van der Waals surface area contributed by atoms with Crippen LogP contribution in [0.5, 0.6) is 11.5 Å². The third-order valence-electron chi connectivity index (χ3n) is 4.13. The zero-order valence-electron chi connectivity index (χ0n) is 14.7. The predicted molar refractivity (Wildman–Crippen MR) is 99.0 cm³/mol. The number of ether oxygens (including phenoxy) is 2. The van der Waals surface area contributed by atoms with E-state index in [2.05, 4.69) is 5.32 Å². The van der Waals surface area contributed by atoms with Crippen LogP contribution in [0.15, 0.2) is 42.5 Å². The van der Waals surface area contributed by atoms with Crippen molar-refractivity contribution < 1.29 is 23.9 Å². The van der Waals surface area contributed by atoms with Gasteiger partial charge in [0.05, 0.1) is 18.5 Å². The largest absolute Gasteiger partial charge is 0.495 e. The monoisotopic (exact) mass is 369 g/mol. The standard InChI is InChI=1S/C19H19N3O5/c1-26-15-7-6-12(19(20)25)10-13(15)21-17(23)8-9-22-14-4-2-3-5-16(14)27-11-18(22)24/h2-7,10H,8-9,11H2,1H3,(H2,20,25)(H,21,23). The number of hydrogen-bond acceptors (Lipinski definition) is 5. The molecule has 0 unspecified atom stereocenters. The molecule has 3 rings (SSSR count). The number of carbonyl (C=O) groups is 3. The highest BCUT2D eigenvalue weighted by Crippen LogP contribution is 2.31. The molecule has 0 aromatic heterocycles. The van der Waals surface area contributed by atoms with Crippen LogP contribution in [0.1, 0.15) is 16.8 Å². The predicted octanol–water partition coefficient (Wildman–Crippen LogP) is 1.55. The van der Waals surface area contributed by atoms with E-state index in [1.165, 1.54) is 24.1 Å². The average Bonchev–Trinajstić information content (AvgIpc) is 2.67. The number of fused-ring (bicyclic) bond motifs is 1. The Morgan fingerprint density at radius 2 is 2.04 bits per heavy atom. The quantitative estimate of drug-likeness (QED) is 0.802. The number of nitrogens with two attached hydrogens (primary N) is 1.